The zero-order valence-corrected chi connectivity index (χ0v) is 11.9. The molecule has 1 fully saturated rings. The molecule has 1 N–H and O–H groups in total. The van der Waals surface area contributed by atoms with Gasteiger partial charge in [0.05, 0.1) is 17.6 Å². The third-order valence-corrected chi connectivity index (χ3v) is 4.22. The van der Waals surface area contributed by atoms with Crippen LogP contribution in [0.4, 0.5) is 0 Å². The Morgan fingerprint density at radius 2 is 1.94 bits per heavy atom. The van der Waals surface area contributed by atoms with E-state index in [9.17, 15) is 10.4 Å². The smallest absolute Gasteiger partial charge is 0.0991 e. The first-order chi connectivity index (χ1) is 8.68. The monoisotopic (exact) mass is 308 g/mol. The lowest BCUT2D eigenvalue weighted by Crippen LogP contribution is -2.27. The number of nitriles is 1. The van der Waals surface area contributed by atoms with Gasteiger partial charge in [0, 0.05) is 22.4 Å². The van der Waals surface area contributed by atoms with Gasteiger partial charge >= 0.3 is 0 Å². The number of nitrogens with zero attached hydrogens (tertiary/aromatic N) is 2. The molecule has 3 nitrogen and oxygen atoms in total. The van der Waals surface area contributed by atoms with E-state index in [4.69, 9.17) is 0 Å². The van der Waals surface area contributed by atoms with Gasteiger partial charge in [-0.25, -0.2) is 0 Å². The highest BCUT2D eigenvalue weighted by Crippen LogP contribution is 2.44. The quantitative estimate of drug-likeness (QED) is 0.847. The van der Waals surface area contributed by atoms with Crippen LogP contribution in [0.25, 0.3) is 0 Å². The first kappa shape index (κ1) is 13.5. The Bertz CT molecular complexity index is 447. The first-order valence-corrected chi connectivity index (χ1v) is 7.17. The third-order valence-electron chi connectivity index (χ3n) is 3.78. The molecule has 18 heavy (non-hydrogen) atoms. The van der Waals surface area contributed by atoms with Gasteiger partial charge in [-0.2, -0.15) is 5.26 Å². The number of aliphatic hydroxyl groups excluding tert-OH is 1. The molecule has 1 aliphatic carbocycles. The van der Waals surface area contributed by atoms with E-state index in [1.807, 2.05) is 6.07 Å². The Labute approximate surface area is 116 Å². The van der Waals surface area contributed by atoms with Gasteiger partial charge in [0.2, 0.25) is 0 Å². The third kappa shape index (κ3) is 2.73. The van der Waals surface area contributed by atoms with Gasteiger partial charge < -0.3 is 5.11 Å². The summed E-state index contributed by atoms with van der Waals surface area (Å²) in [4.78, 5) is 4.07. The summed E-state index contributed by atoms with van der Waals surface area (Å²) in [7, 11) is 0. The van der Waals surface area contributed by atoms with Crippen molar-refractivity contribution in [2.45, 2.75) is 44.6 Å². The van der Waals surface area contributed by atoms with Crippen LogP contribution >= 0.6 is 15.9 Å². The van der Waals surface area contributed by atoms with Crippen molar-refractivity contribution in [3.05, 3.63) is 28.5 Å². The number of pyridine rings is 1. The highest BCUT2D eigenvalue weighted by atomic mass is 79.9. The second-order valence-electron chi connectivity index (χ2n) is 5.02. The maximum atomic E-state index is 10.6. The number of aliphatic hydroxyl groups is 1. The lowest BCUT2D eigenvalue weighted by Gasteiger charge is -2.30. The Morgan fingerprint density at radius 1 is 1.28 bits per heavy atom. The molecular formula is C14H17BrN2O. The summed E-state index contributed by atoms with van der Waals surface area (Å²) in [6, 6.07) is 4.23. The lowest BCUT2D eigenvalue weighted by molar-refractivity contribution is 0.0513. The summed E-state index contributed by atoms with van der Waals surface area (Å²) >= 11 is 3.35. The molecule has 1 aliphatic rings. The van der Waals surface area contributed by atoms with Gasteiger partial charge in [-0.3, -0.25) is 4.98 Å². The normalized spacial score (nSPS) is 20.7. The van der Waals surface area contributed by atoms with E-state index in [1.54, 1.807) is 12.4 Å². The van der Waals surface area contributed by atoms with Crippen LogP contribution in [0, 0.1) is 16.7 Å². The minimum Gasteiger partial charge on any atom is -0.387 e. The molecule has 4 heteroatoms. The van der Waals surface area contributed by atoms with Gasteiger partial charge in [-0.1, -0.05) is 25.7 Å². The van der Waals surface area contributed by atoms with E-state index in [0.29, 0.717) is 0 Å². The van der Waals surface area contributed by atoms with E-state index in [0.717, 1.165) is 48.6 Å². The molecule has 0 aliphatic heterocycles. The molecule has 0 amide bonds. The minimum atomic E-state index is -0.745. The van der Waals surface area contributed by atoms with E-state index in [2.05, 4.69) is 27.0 Å². The second kappa shape index (κ2) is 5.81. The minimum absolute atomic E-state index is 0.640. The fourth-order valence-electron chi connectivity index (χ4n) is 2.70. The van der Waals surface area contributed by atoms with E-state index in [1.165, 1.54) is 0 Å². The molecular weight excluding hydrogens is 292 g/mol. The average molecular weight is 309 g/mol. The second-order valence-corrected chi connectivity index (χ2v) is 5.94. The van der Waals surface area contributed by atoms with Crippen LogP contribution in [0.3, 0.4) is 0 Å². The van der Waals surface area contributed by atoms with E-state index in [-0.39, 0.29) is 0 Å². The maximum absolute atomic E-state index is 10.6. The van der Waals surface area contributed by atoms with Crippen LogP contribution in [0.2, 0.25) is 0 Å². The highest BCUT2D eigenvalue weighted by molar-refractivity contribution is 9.10. The molecule has 1 saturated carbocycles. The van der Waals surface area contributed by atoms with Gasteiger partial charge in [0.1, 0.15) is 0 Å². The number of aromatic nitrogens is 1. The van der Waals surface area contributed by atoms with Crippen molar-refractivity contribution in [3.8, 4) is 6.07 Å². The van der Waals surface area contributed by atoms with Crippen LogP contribution in [0.1, 0.15) is 50.2 Å². The predicted molar refractivity (Wildman–Crippen MR) is 72.6 cm³/mol. The standard InChI is InChI=1S/C14H17BrN2O/c15-12-7-11(8-17-9-12)13(18)14(10-16)5-3-1-2-4-6-14/h7-9,13,18H,1-6H2. The van der Waals surface area contributed by atoms with E-state index < -0.39 is 11.5 Å². The largest absolute Gasteiger partial charge is 0.387 e. The summed E-state index contributed by atoms with van der Waals surface area (Å²) in [5.41, 5.74) is 0.0896. The van der Waals surface area contributed by atoms with Crippen LogP contribution in [0.15, 0.2) is 22.9 Å². The molecule has 96 valence electrons. The molecule has 1 aromatic rings. The zero-order valence-electron chi connectivity index (χ0n) is 10.3. The molecule has 0 bridgehead atoms. The van der Waals surface area contributed by atoms with Gasteiger partial charge in [-0.15, -0.1) is 0 Å². The van der Waals surface area contributed by atoms with Crippen molar-refractivity contribution in [1.82, 2.24) is 4.98 Å². The van der Waals surface area contributed by atoms with Gasteiger partial charge in [-0.05, 0) is 34.8 Å². The molecule has 0 saturated heterocycles. The SMILES string of the molecule is N#CC1(C(O)c2cncc(Br)c2)CCCCCC1. The van der Waals surface area contributed by atoms with Gasteiger partial charge in [0.15, 0.2) is 0 Å². The first-order valence-electron chi connectivity index (χ1n) is 6.38. The van der Waals surface area contributed by atoms with Crippen LogP contribution in [-0.2, 0) is 0 Å². The Balaban J connectivity index is 2.29. The molecule has 1 aromatic heterocycles. The van der Waals surface area contributed by atoms with Crippen LogP contribution < -0.4 is 0 Å². The molecule has 0 aromatic carbocycles. The lowest BCUT2D eigenvalue weighted by atomic mass is 9.74. The van der Waals surface area contributed by atoms with Crippen molar-refractivity contribution in [3.63, 3.8) is 0 Å². The predicted octanol–water partition coefficient (Wildman–Crippen LogP) is 3.74. The summed E-state index contributed by atoms with van der Waals surface area (Å²) in [5, 5.41) is 20.1. The van der Waals surface area contributed by atoms with Gasteiger partial charge in [0.25, 0.3) is 0 Å². The van der Waals surface area contributed by atoms with Crippen LogP contribution in [-0.4, -0.2) is 10.1 Å². The molecule has 1 heterocycles. The van der Waals surface area contributed by atoms with E-state index >= 15 is 0 Å². The highest BCUT2D eigenvalue weighted by Gasteiger charge is 2.39. The molecule has 1 atom stereocenters. The molecule has 0 spiro atoms. The average Bonchev–Trinajstić information content (AvgIpc) is 2.64. The summed E-state index contributed by atoms with van der Waals surface area (Å²) in [5.74, 6) is 0. The molecule has 0 radical (unpaired) electrons. The Kier molecular flexibility index (Phi) is 4.36. The fraction of sp³-hybridized carbons (Fsp3) is 0.571. The maximum Gasteiger partial charge on any atom is 0.0991 e. The number of rotatable bonds is 2. The molecule has 2 rings (SSSR count). The Hall–Kier alpha value is -0.920. The Morgan fingerprint density at radius 3 is 2.50 bits per heavy atom. The van der Waals surface area contributed by atoms with Crippen molar-refractivity contribution < 1.29 is 5.11 Å². The topological polar surface area (TPSA) is 56.9 Å². The summed E-state index contributed by atoms with van der Waals surface area (Å²) in [6.45, 7) is 0. The van der Waals surface area contributed by atoms with Crippen molar-refractivity contribution >= 4 is 15.9 Å². The van der Waals surface area contributed by atoms with Crippen LogP contribution in [0.5, 0.6) is 0 Å². The number of hydrogen-bond donors (Lipinski definition) is 1. The molecule has 1 unspecified atom stereocenters. The zero-order chi connectivity index (χ0) is 13.0. The summed E-state index contributed by atoms with van der Waals surface area (Å²) in [6.07, 6.45) is 8.50. The van der Waals surface area contributed by atoms with Crippen molar-refractivity contribution in [1.29, 1.82) is 5.26 Å². The fourth-order valence-corrected chi connectivity index (χ4v) is 3.09. The van der Waals surface area contributed by atoms with Crippen molar-refractivity contribution in [2.75, 3.05) is 0 Å². The number of halogens is 1. The van der Waals surface area contributed by atoms with Crippen molar-refractivity contribution in [2.24, 2.45) is 5.41 Å². The summed E-state index contributed by atoms with van der Waals surface area (Å²) < 4.78 is 0.834. The number of hydrogen-bond acceptors (Lipinski definition) is 3.